The number of halogens is 1. The summed E-state index contributed by atoms with van der Waals surface area (Å²) >= 11 is 5.95. The maximum absolute atomic E-state index is 12.6. The van der Waals surface area contributed by atoms with E-state index in [9.17, 15) is 9.59 Å². The molecule has 0 unspecified atom stereocenters. The van der Waals surface area contributed by atoms with Gasteiger partial charge in [0.1, 0.15) is 0 Å². The highest BCUT2D eigenvalue weighted by Gasteiger charge is 2.25. The fraction of sp³-hybridized carbons (Fsp3) is 0.375. The lowest BCUT2D eigenvalue weighted by molar-refractivity contribution is -0.137. The van der Waals surface area contributed by atoms with Gasteiger partial charge in [-0.3, -0.25) is 14.5 Å². The van der Waals surface area contributed by atoms with Crippen LogP contribution in [0.2, 0.25) is 5.02 Å². The van der Waals surface area contributed by atoms with E-state index >= 15 is 0 Å². The van der Waals surface area contributed by atoms with E-state index < -0.39 is 0 Å². The van der Waals surface area contributed by atoms with Crippen LogP contribution < -0.4 is 0 Å². The summed E-state index contributed by atoms with van der Waals surface area (Å²) in [7, 11) is 0. The first kappa shape index (κ1) is 21.5. The van der Waals surface area contributed by atoms with Crippen molar-refractivity contribution in [2.75, 3.05) is 32.7 Å². The standard InChI is InChI=1S/C24H27ClN4O2/c25-21-8-6-19(7-9-21)18-27-14-16-28(17-15-27)23(30)10-11-24(31)29-13-12-22(26-29)20-4-2-1-3-5-20/h1-9H,10-18H2. The van der Waals surface area contributed by atoms with Crippen molar-refractivity contribution in [3.05, 3.63) is 70.7 Å². The van der Waals surface area contributed by atoms with Crippen molar-refractivity contribution in [2.45, 2.75) is 25.8 Å². The normalized spacial score (nSPS) is 17.0. The molecule has 0 aliphatic carbocycles. The lowest BCUT2D eigenvalue weighted by Crippen LogP contribution is -2.48. The minimum Gasteiger partial charge on any atom is -0.340 e. The molecule has 0 saturated carbocycles. The number of hydrazone groups is 1. The number of hydrogen-bond acceptors (Lipinski definition) is 4. The maximum Gasteiger partial charge on any atom is 0.243 e. The number of hydrogen-bond donors (Lipinski definition) is 0. The van der Waals surface area contributed by atoms with Gasteiger partial charge < -0.3 is 4.90 Å². The Balaban J connectivity index is 1.20. The Labute approximate surface area is 188 Å². The lowest BCUT2D eigenvalue weighted by Gasteiger charge is -2.34. The zero-order valence-corrected chi connectivity index (χ0v) is 18.3. The Hall–Kier alpha value is -2.70. The smallest absolute Gasteiger partial charge is 0.243 e. The second-order valence-electron chi connectivity index (χ2n) is 7.96. The SMILES string of the molecule is O=C(CCC(=O)N1CCC(c2ccccc2)=N1)N1CCN(Cc2ccc(Cl)cc2)CC1. The van der Waals surface area contributed by atoms with E-state index in [-0.39, 0.29) is 24.7 Å². The van der Waals surface area contributed by atoms with Crippen LogP contribution in [0.1, 0.15) is 30.4 Å². The Kier molecular flexibility index (Phi) is 6.99. The third kappa shape index (κ3) is 5.71. The van der Waals surface area contributed by atoms with Gasteiger partial charge in [0.05, 0.1) is 12.3 Å². The van der Waals surface area contributed by atoms with Crippen molar-refractivity contribution in [2.24, 2.45) is 5.10 Å². The number of nitrogens with zero attached hydrogens (tertiary/aromatic N) is 4. The highest BCUT2D eigenvalue weighted by Crippen LogP contribution is 2.16. The van der Waals surface area contributed by atoms with Gasteiger partial charge in [0.25, 0.3) is 0 Å². The zero-order chi connectivity index (χ0) is 21.6. The van der Waals surface area contributed by atoms with Crippen molar-refractivity contribution >= 4 is 29.1 Å². The van der Waals surface area contributed by atoms with Gasteiger partial charge in [0.15, 0.2) is 0 Å². The van der Waals surface area contributed by atoms with Gasteiger partial charge in [-0.25, -0.2) is 5.01 Å². The van der Waals surface area contributed by atoms with Gasteiger partial charge in [-0.15, -0.1) is 0 Å². The van der Waals surface area contributed by atoms with E-state index in [2.05, 4.69) is 10.0 Å². The summed E-state index contributed by atoms with van der Waals surface area (Å²) in [6.07, 6.45) is 1.19. The Bertz CT molecular complexity index is 938. The fourth-order valence-corrected chi connectivity index (χ4v) is 4.10. The third-order valence-electron chi connectivity index (χ3n) is 5.79. The molecule has 2 aliphatic heterocycles. The Morgan fingerprint density at radius 3 is 2.23 bits per heavy atom. The molecule has 0 radical (unpaired) electrons. The molecule has 2 aromatic rings. The number of rotatable bonds is 6. The first-order valence-electron chi connectivity index (χ1n) is 10.8. The fourth-order valence-electron chi connectivity index (χ4n) is 3.98. The van der Waals surface area contributed by atoms with Gasteiger partial charge in [0, 0.05) is 57.0 Å². The van der Waals surface area contributed by atoms with Crippen LogP contribution >= 0.6 is 11.6 Å². The lowest BCUT2D eigenvalue weighted by atomic mass is 10.1. The monoisotopic (exact) mass is 438 g/mol. The van der Waals surface area contributed by atoms with E-state index in [1.807, 2.05) is 59.5 Å². The average molecular weight is 439 g/mol. The molecule has 4 rings (SSSR count). The minimum absolute atomic E-state index is 0.0472. The molecule has 0 N–H and O–H groups in total. The predicted octanol–water partition coefficient (Wildman–Crippen LogP) is 3.40. The summed E-state index contributed by atoms with van der Waals surface area (Å²) in [5.74, 6) is -0.0355. The molecular formula is C24H27ClN4O2. The number of amides is 2. The van der Waals surface area contributed by atoms with Crippen LogP contribution in [-0.2, 0) is 16.1 Å². The molecular weight excluding hydrogens is 412 g/mol. The molecule has 0 spiro atoms. The topological polar surface area (TPSA) is 56.2 Å². The van der Waals surface area contributed by atoms with Crippen molar-refractivity contribution in [1.82, 2.24) is 14.8 Å². The molecule has 2 aromatic carbocycles. The van der Waals surface area contributed by atoms with E-state index in [4.69, 9.17) is 11.6 Å². The van der Waals surface area contributed by atoms with Crippen LogP contribution in [-0.4, -0.2) is 65.1 Å². The largest absolute Gasteiger partial charge is 0.340 e. The molecule has 2 aliphatic rings. The van der Waals surface area contributed by atoms with Crippen LogP contribution in [0.3, 0.4) is 0 Å². The number of carbonyl (C=O) groups excluding carboxylic acids is 2. The quantitative estimate of drug-likeness (QED) is 0.694. The molecule has 6 nitrogen and oxygen atoms in total. The van der Waals surface area contributed by atoms with Gasteiger partial charge in [-0.2, -0.15) is 5.10 Å². The maximum atomic E-state index is 12.6. The zero-order valence-electron chi connectivity index (χ0n) is 17.5. The second kappa shape index (κ2) is 10.1. The summed E-state index contributed by atoms with van der Waals surface area (Å²) < 4.78 is 0. The Morgan fingerprint density at radius 1 is 0.839 bits per heavy atom. The first-order valence-corrected chi connectivity index (χ1v) is 11.1. The molecule has 2 heterocycles. The summed E-state index contributed by atoms with van der Waals surface area (Å²) in [5, 5.41) is 6.72. The molecule has 0 aromatic heterocycles. The van der Waals surface area contributed by atoms with Crippen LogP contribution in [0, 0.1) is 0 Å². The van der Waals surface area contributed by atoms with Gasteiger partial charge in [0.2, 0.25) is 11.8 Å². The van der Waals surface area contributed by atoms with E-state index in [0.717, 1.165) is 42.4 Å². The summed E-state index contributed by atoms with van der Waals surface area (Å²) in [4.78, 5) is 29.3. The molecule has 7 heteroatoms. The highest BCUT2D eigenvalue weighted by atomic mass is 35.5. The average Bonchev–Trinajstić information content (AvgIpc) is 3.30. The third-order valence-corrected chi connectivity index (χ3v) is 6.05. The molecule has 1 saturated heterocycles. The summed E-state index contributed by atoms with van der Waals surface area (Å²) in [6.45, 7) is 4.49. The number of piperazine rings is 1. The molecule has 0 bridgehead atoms. The first-order chi connectivity index (χ1) is 15.1. The van der Waals surface area contributed by atoms with Gasteiger partial charge >= 0.3 is 0 Å². The highest BCUT2D eigenvalue weighted by molar-refractivity contribution is 6.30. The van der Waals surface area contributed by atoms with Gasteiger partial charge in [-0.1, -0.05) is 54.1 Å². The molecule has 2 amide bonds. The second-order valence-corrected chi connectivity index (χ2v) is 8.40. The van der Waals surface area contributed by atoms with Crippen molar-refractivity contribution < 1.29 is 9.59 Å². The van der Waals surface area contributed by atoms with E-state index in [0.29, 0.717) is 19.6 Å². The molecule has 0 atom stereocenters. The Morgan fingerprint density at radius 2 is 1.52 bits per heavy atom. The van der Waals surface area contributed by atoms with Crippen molar-refractivity contribution in [1.29, 1.82) is 0 Å². The van der Waals surface area contributed by atoms with Crippen LogP contribution in [0.5, 0.6) is 0 Å². The van der Waals surface area contributed by atoms with E-state index in [1.54, 1.807) is 0 Å². The number of carbonyl (C=O) groups is 2. The summed E-state index contributed by atoms with van der Waals surface area (Å²) in [5.41, 5.74) is 3.19. The molecule has 31 heavy (non-hydrogen) atoms. The van der Waals surface area contributed by atoms with E-state index in [1.165, 1.54) is 10.6 Å². The molecule has 1 fully saturated rings. The van der Waals surface area contributed by atoms with Crippen LogP contribution in [0.15, 0.2) is 59.7 Å². The number of benzene rings is 2. The van der Waals surface area contributed by atoms with Gasteiger partial charge in [-0.05, 0) is 23.3 Å². The molecule has 162 valence electrons. The van der Waals surface area contributed by atoms with Crippen LogP contribution in [0.25, 0.3) is 0 Å². The predicted molar refractivity (Wildman–Crippen MR) is 122 cm³/mol. The summed E-state index contributed by atoms with van der Waals surface area (Å²) in [6, 6.07) is 17.8. The van der Waals surface area contributed by atoms with Crippen LogP contribution in [0.4, 0.5) is 0 Å². The minimum atomic E-state index is -0.0827. The van der Waals surface area contributed by atoms with Crippen molar-refractivity contribution in [3.63, 3.8) is 0 Å². The van der Waals surface area contributed by atoms with Crippen molar-refractivity contribution in [3.8, 4) is 0 Å².